The van der Waals surface area contributed by atoms with E-state index in [9.17, 15) is 0 Å². The third-order valence-corrected chi connectivity index (χ3v) is 5.31. The highest BCUT2D eigenvalue weighted by atomic mass is 35.5. The molecule has 0 saturated heterocycles. The molecule has 0 saturated carbocycles. The normalized spacial score (nSPS) is 13.7. The molecule has 0 amide bonds. The van der Waals surface area contributed by atoms with Crippen molar-refractivity contribution in [2.24, 2.45) is 0 Å². The third-order valence-electron chi connectivity index (χ3n) is 5.05. The van der Waals surface area contributed by atoms with E-state index < -0.39 is 0 Å². The summed E-state index contributed by atoms with van der Waals surface area (Å²) in [5.41, 5.74) is 6.57. The second-order valence-electron chi connectivity index (χ2n) is 6.78. The summed E-state index contributed by atoms with van der Waals surface area (Å²) in [5.74, 6) is 0. The highest BCUT2D eigenvalue weighted by Crippen LogP contribution is 2.33. The average Bonchev–Trinajstić information content (AvgIpc) is 3.06. The lowest BCUT2D eigenvalue weighted by Crippen LogP contribution is -2.06. The first-order valence-electron chi connectivity index (χ1n) is 9.02. The zero-order valence-corrected chi connectivity index (χ0v) is 15.1. The zero-order valence-electron chi connectivity index (χ0n) is 14.3. The molecule has 0 fully saturated rings. The van der Waals surface area contributed by atoms with Crippen LogP contribution in [-0.2, 0) is 12.8 Å². The molecule has 2 aromatic carbocycles. The van der Waals surface area contributed by atoms with Gasteiger partial charge < -0.3 is 0 Å². The summed E-state index contributed by atoms with van der Waals surface area (Å²) in [6.45, 7) is 0. The number of para-hydroxylation sites is 1. The Labute approximate surface area is 157 Å². The van der Waals surface area contributed by atoms with E-state index in [2.05, 4.69) is 18.2 Å². The van der Waals surface area contributed by atoms with Gasteiger partial charge in [0.25, 0.3) is 0 Å². The van der Waals surface area contributed by atoms with Gasteiger partial charge in [-0.2, -0.15) is 5.10 Å². The van der Waals surface area contributed by atoms with Crippen molar-refractivity contribution in [2.45, 2.75) is 25.7 Å². The minimum atomic E-state index is 0.732. The maximum Gasteiger partial charge on any atom is 0.163 e. The monoisotopic (exact) mass is 359 g/mol. The average molecular weight is 360 g/mol. The molecule has 0 spiro atoms. The van der Waals surface area contributed by atoms with Crippen molar-refractivity contribution in [3.05, 3.63) is 76.9 Å². The number of rotatable bonds is 2. The maximum atomic E-state index is 6.08. The van der Waals surface area contributed by atoms with Crippen LogP contribution < -0.4 is 0 Å². The number of fused-ring (bicyclic) bond motifs is 2. The number of hydrogen-bond donors (Lipinski definition) is 0. The fourth-order valence-corrected chi connectivity index (χ4v) is 3.86. The van der Waals surface area contributed by atoms with Crippen molar-refractivity contribution in [2.75, 3.05) is 0 Å². The van der Waals surface area contributed by atoms with Crippen molar-refractivity contribution < 1.29 is 0 Å². The molecule has 4 heteroatoms. The van der Waals surface area contributed by atoms with Gasteiger partial charge in [0.2, 0.25) is 0 Å². The molecule has 0 unspecified atom stereocenters. The molecular weight excluding hydrogens is 342 g/mol. The van der Waals surface area contributed by atoms with Crippen molar-refractivity contribution in [1.82, 2.24) is 14.8 Å². The van der Waals surface area contributed by atoms with Gasteiger partial charge in [0.15, 0.2) is 5.65 Å². The zero-order chi connectivity index (χ0) is 17.5. The molecule has 2 aromatic heterocycles. The second kappa shape index (κ2) is 6.26. The van der Waals surface area contributed by atoms with Gasteiger partial charge in [-0.15, -0.1) is 0 Å². The summed E-state index contributed by atoms with van der Waals surface area (Å²) in [7, 11) is 0. The van der Waals surface area contributed by atoms with Crippen LogP contribution in [0, 0.1) is 0 Å². The lowest BCUT2D eigenvalue weighted by molar-refractivity contribution is 0.670. The fourth-order valence-electron chi connectivity index (χ4n) is 3.73. The van der Waals surface area contributed by atoms with E-state index in [0.29, 0.717) is 0 Å². The van der Waals surface area contributed by atoms with Crippen LogP contribution in [0.1, 0.15) is 24.1 Å². The Balaban J connectivity index is 1.80. The number of aromatic nitrogens is 3. The van der Waals surface area contributed by atoms with E-state index in [1.165, 1.54) is 24.1 Å². The molecule has 4 aromatic rings. The quantitative estimate of drug-likeness (QED) is 0.465. The Morgan fingerprint density at radius 2 is 1.65 bits per heavy atom. The number of benzene rings is 2. The minimum absolute atomic E-state index is 0.732. The van der Waals surface area contributed by atoms with Gasteiger partial charge in [-0.1, -0.05) is 41.9 Å². The van der Waals surface area contributed by atoms with Gasteiger partial charge in [-0.3, -0.25) is 0 Å². The smallest absolute Gasteiger partial charge is 0.163 e. The minimum Gasteiger partial charge on any atom is -0.233 e. The first-order chi connectivity index (χ1) is 12.8. The highest BCUT2D eigenvalue weighted by Gasteiger charge is 2.19. The van der Waals surface area contributed by atoms with Crippen molar-refractivity contribution in [3.8, 4) is 16.9 Å². The van der Waals surface area contributed by atoms with Gasteiger partial charge >= 0.3 is 0 Å². The van der Waals surface area contributed by atoms with Crippen molar-refractivity contribution >= 4 is 22.6 Å². The van der Waals surface area contributed by atoms with Crippen molar-refractivity contribution in [1.29, 1.82) is 0 Å². The summed E-state index contributed by atoms with van der Waals surface area (Å²) >= 11 is 6.08. The molecule has 1 aliphatic rings. The number of nitrogens with zero attached hydrogens (tertiary/aromatic N) is 3. The summed E-state index contributed by atoms with van der Waals surface area (Å²) in [6.07, 6.45) is 4.62. The van der Waals surface area contributed by atoms with E-state index >= 15 is 0 Å². The molecule has 1 aliphatic carbocycles. The van der Waals surface area contributed by atoms with Gasteiger partial charge in [0, 0.05) is 21.7 Å². The molecule has 5 rings (SSSR count). The Morgan fingerprint density at radius 1 is 0.885 bits per heavy atom. The van der Waals surface area contributed by atoms with Gasteiger partial charge in [-0.25, -0.2) is 9.67 Å². The van der Waals surface area contributed by atoms with Gasteiger partial charge in [0.1, 0.15) is 5.69 Å². The molecule has 0 radical (unpaired) electrons. The third kappa shape index (κ3) is 2.60. The Hall–Kier alpha value is -2.65. The first-order valence-corrected chi connectivity index (χ1v) is 9.40. The number of halogens is 1. The largest absolute Gasteiger partial charge is 0.233 e. The lowest BCUT2D eigenvalue weighted by atomic mass is 9.95. The molecule has 0 N–H and O–H groups in total. The van der Waals surface area contributed by atoms with Crippen LogP contribution in [0.25, 0.3) is 28.0 Å². The summed E-state index contributed by atoms with van der Waals surface area (Å²) in [6, 6.07) is 20.4. The highest BCUT2D eigenvalue weighted by molar-refractivity contribution is 6.30. The summed E-state index contributed by atoms with van der Waals surface area (Å²) in [5, 5.41) is 6.78. The second-order valence-corrected chi connectivity index (χ2v) is 7.21. The van der Waals surface area contributed by atoms with Crippen LogP contribution in [0.3, 0.4) is 0 Å². The molecule has 0 aliphatic heterocycles. The predicted octanol–water partition coefficient (Wildman–Crippen LogP) is 5.62. The van der Waals surface area contributed by atoms with Crippen LogP contribution >= 0.6 is 11.6 Å². The Morgan fingerprint density at radius 3 is 2.46 bits per heavy atom. The molecule has 0 bridgehead atoms. The SMILES string of the molecule is Clc1ccc(-c2nn(-c3ccccc3)c3nc4c(cc23)CCCC4)cc1. The van der Waals surface area contributed by atoms with E-state index in [-0.39, 0.29) is 0 Å². The van der Waals surface area contributed by atoms with E-state index in [0.717, 1.165) is 45.8 Å². The lowest BCUT2D eigenvalue weighted by Gasteiger charge is -2.14. The van der Waals surface area contributed by atoms with Crippen molar-refractivity contribution in [3.63, 3.8) is 0 Å². The number of aryl methyl sites for hydroxylation is 2. The summed E-state index contributed by atoms with van der Waals surface area (Å²) < 4.78 is 1.97. The first kappa shape index (κ1) is 15.6. The van der Waals surface area contributed by atoms with E-state index in [1.54, 1.807) is 0 Å². The predicted molar refractivity (Wildman–Crippen MR) is 106 cm³/mol. The topological polar surface area (TPSA) is 30.7 Å². The molecule has 128 valence electrons. The molecule has 3 nitrogen and oxygen atoms in total. The maximum absolute atomic E-state index is 6.08. The van der Waals surface area contributed by atoms with Crippen LogP contribution in [0.4, 0.5) is 0 Å². The summed E-state index contributed by atoms with van der Waals surface area (Å²) in [4.78, 5) is 5.03. The Bertz CT molecular complexity index is 1080. The fraction of sp³-hybridized carbons (Fsp3) is 0.182. The van der Waals surface area contributed by atoms with Crippen LogP contribution in [-0.4, -0.2) is 14.8 Å². The number of pyridine rings is 1. The molecule has 26 heavy (non-hydrogen) atoms. The van der Waals surface area contributed by atoms with Crippen LogP contribution in [0.15, 0.2) is 60.7 Å². The van der Waals surface area contributed by atoms with Gasteiger partial charge in [-0.05, 0) is 61.6 Å². The molecule has 2 heterocycles. The number of hydrogen-bond acceptors (Lipinski definition) is 2. The van der Waals surface area contributed by atoms with Crippen LogP contribution in [0.2, 0.25) is 5.02 Å². The molecule has 0 atom stereocenters. The van der Waals surface area contributed by atoms with Gasteiger partial charge in [0.05, 0.1) is 5.69 Å². The Kier molecular flexibility index (Phi) is 3.75. The standard InChI is InChI=1S/C22H18ClN3/c23-17-12-10-15(11-13-17)21-19-14-16-6-4-5-9-20(16)24-22(19)26(25-21)18-7-2-1-3-8-18/h1-3,7-8,10-14H,4-6,9H2. The molecular formula is C22H18ClN3. The van der Waals surface area contributed by atoms with Crippen LogP contribution in [0.5, 0.6) is 0 Å². The van der Waals surface area contributed by atoms with E-state index in [1.807, 2.05) is 47.1 Å². The van der Waals surface area contributed by atoms with E-state index in [4.69, 9.17) is 21.7 Å².